The van der Waals surface area contributed by atoms with Crippen LogP contribution in [0.1, 0.15) is 33.3 Å². The molecule has 1 fully saturated rings. The number of phenols is 1. The van der Waals surface area contributed by atoms with Gasteiger partial charge in [-0.05, 0) is 39.3 Å². The summed E-state index contributed by atoms with van der Waals surface area (Å²) in [5, 5.41) is 19.2. The van der Waals surface area contributed by atoms with E-state index in [0.29, 0.717) is 11.2 Å². The molecule has 112 valence electrons. The molecule has 0 aromatic heterocycles. The van der Waals surface area contributed by atoms with Gasteiger partial charge in [0.2, 0.25) is 0 Å². The number of phenolic OH excluding ortho intramolecular Hbond substituents is 1. The second-order valence-electron chi connectivity index (χ2n) is 6.16. The van der Waals surface area contributed by atoms with Gasteiger partial charge in [-0.3, -0.25) is 0 Å². The van der Waals surface area contributed by atoms with E-state index in [1.54, 1.807) is 12.1 Å². The Hall–Kier alpha value is -1.71. The van der Waals surface area contributed by atoms with E-state index in [1.807, 2.05) is 27.7 Å². The van der Waals surface area contributed by atoms with Gasteiger partial charge in [0.05, 0.1) is 30.8 Å². The fourth-order valence-corrected chi connectivity index (χ4v) is 2.19. The summed E-state index contributed by atoms with van der Waals surface area (Å²) < 4.78 is 17.1. The third-order valence-electron chi connectivity index (χ3n) is 4.17. The van der Waals surface area contributed by atoms with Gasteiger partial charge in [0.15, 0.2) is 11.5 Å². The summed E-state index contributed by atoms with van der Waals surface area (Å²) in [5.74, 6) is 0.296. The fraction of sp³-hybridized carbons (Fsp3) is 0.533. The van der Waals surface area contributed by atoms with Crippen molar-refractivity contribution in [2.24, 2.45) is 0 Å². The Kier molecular flexibility index (Phi) is 3.92. The lowest BCUT2D eigenvalue weighted by molar-refractivity contribution is 0.00578. The number of rotatable bonds is 3. The average Bonchev–Trinajstić information content (AvgIpc) is 2.60. The maximum Gasteiger partial charge on any atom is 0.498 e. The molecule has 0 atom stereocenters. The van der Waals surface area contributed by atoms with Crippen LogP contribution < -0.4 is 10.2 Å². The Balaban J connectivity index is 2.45. The highest BCUT2D eigenvalue weighted by Gasteiger charge is 2.52. The summed E-state index contributed by atoms with van der Waals surface area (Å²) >= 11 is 0. The van der Waals surface area contributed by atoms with E-state index in [-0.39, 0.29) is 12.2 Å². The van der Waals surface area contributed by atoms with Crippen LogP contribution in [0.15, 0.2) is 12.1 Å². The van der Waals surface area contributed by atoms with E-state index < -0.39 is 18.3 Å². The van der Waals surface area contributed by atoms with Crippen LogP contribution in [-0.4, -0.2) is 30.5 Å². The Morgan fingerprint density at radius 1 is 1.24 bits per heavy atom. The Morgan fingerprint density at radius 2 is 1.81 bits per heavy atom. The van der Waals surface area contributed by atoms with Gasteiger partial charge in [0.25, 0.3) is 0 Å². The largest absolute Gasteiger partial charge is 0.505 e. The first-order chi connectivity index (χ1) is 9.71. The maximum absolute atomic E-state index is 10.3. The van der Waals surface area contributed by atoms with Crippen LogP contribution in [0.4, 0.5) is 0 Å². The van der Waals surface area contributed by atoms with Crippen molar-refractivity contribution in [3.63, 3.8) is 0 Å². The van der Waals surface area contributed by atoms with Gasteiger partial charge >= 0.3 is 7.12 Å². The zero-order valence-electron chi connectivity index (χ0n) is 13.1. The Labute approximate surface area is 125 Å². The minimum atomic E-state index is -0.692. The summed E-state index contributed by atoms with van der Waals surface area (Å²) in [6.45, 7) is 7.78. The normalized spacial score (nSPS) is 19.3. The van der Waals surface area contributed by atoms with Crippen molar-refractivity contribution < 1.29 is 19.2 Å². The number of nitriles is 1. The topological polar surface area (TPSA) is 71.7 Å². The average molecular weight is 289 g/mol. The first-order valence-electron chi connectivity index (χ1n) is 6.84. The molecule has 2 rings (SSSR count). The first-order valence-corrected chi connectivity index (χ1v) is 6.84. The number of hydrogen-bond acceptors (Lipinski definition) is 5. The number of ether oxygens (including phenoxy) is 1. The van der Waals surface area contributed by atoms with Crippen LogP contribution in [0.2, 0.25) is 0 Å². The molecular weight excluding hydrogens is 269 g/mol. The smallest absolute Gasteiger partial charge is 0.498 e. The molecule has 0 unspecified atom stereocenters. The number of benzene rings is 1. The van der Waals surface area contributed by atoms with Crippen molar-refractivity contribution in [2.75, 3.05) is 7.11 Å². The van der Waals surface area contributed by atoms with Crippen molar-refractivity contribution in [1.82, 2.24) is 0 Å². The maximum atomic E-state index is 10.3. The highest BCUT2D eigenvalue weighted by molar-refractivity contribution is 6.63. The predicted molar refractivity (Wildman–Crippen MR) is 79.7 cm³/mol. The molecule has 21 heavy (non-hydrogen) atoms. The Bertz CT molecular complexity index is 576. The van der Waals surface area contributed by atoms with Crippen molar-refractivity contribution in [1.29, 1.82) is 5.26 Å². The quantitative estimate of drug-likeness (QED) is 0.858. The van der Waals surface area contributed by atoms with Gasteiger partial charge in [-0.1, -0.05) is 6.07 Å². The molecule has 0 aliphatic carbocycles. The highest BCUT2D eigenvalue weighted by atomic mass is 16.7. The van der Waals surface area contributed by atoms with Crippen molar-refractivity contribution in [3.05, 3.63) is 17.7 Å². The molecule has 0 amide bonds. The molecule has 0 saturated carbocycles. The monoisotopic (exact) mass is 289 g/mol. The van der Waals surface area contributed by atoms with Crippen LogP contribution in [0, 0.1) is 11.3 Å². The van der Waals surface area contributed by atoms with Gasteiger partial charge in [-0.15, -0.1) is 0 Å². The van der Waals surface area contributed by atoms with E-state index in [1.165, 1.54) is 7.11 Å². The van der Waals surface area contributed by atoms with Crippen LogP contribution in [-0.2, 0) is 15.7 Å². The van der Waals surface area contributed by atoms with Gasteiger partial charge in [0, 0.05) is 5.46 Å². The lowest BCUT2D eigenvalue weighted by Crippen LogP contribution is -2.41. The third-order valence-corrected chi connectivity index (χ3v) is 4.17. The molecule has 5 nitrogen and oxygen atoms in total. The molecule has 6 heteroatoms. The molecule has 1 aromatic rings. The molecule has 0 spiro atoms. The molecular formula is C15H20BNO4. The minimum Gasteiger partial charge on any atom is -0.505 e. The van der Waals surface area contributed by atoms with Crippen LogP contribution in [0.3, 0.4) is 0 Å². The second-order valence-corrected chi connectivity index (χ2v) is 6.16. The number of methoxy groups -OCH3 is 1. The van der Waals surface area contributed by atoms with Gasteiger partial charge in [-0.25, -0.2) is 0 Å². The van der Waals surface area contributed by atoms with E-state index in [9.17, 15) is 5.11 Å². The summed E-state index contributed by atoms with van der Waals surface area (Å²) in [6.07, 6.45) is 0.225. The zero-order valence-corrected chi connectivity index (χ0v) is 13.1. The summed E-state index contributed by atoms with van der Waals surface area (Å²) in [6, 6.07) is 5.46. The lowest BCUT2D eigenvalue weighted by atomic mass is 9.77. The SMILES string of the molecule is COc1cc(CC#N)cc(B2OC(C)(C)C(C)(C)O2)c1O. The summed E-state index contributed by atoms with van der Waals surface area (Å²) in [5.41, 5.74) is 0.237. The second kappa shape index (κ2) is 5.25. The van der Waals surface area contributed by atoms with Gasteiger partial charge in [0.1, 0.15) is 0 Å². The minimum absolute atomic E-state index is 0.0160. The van der Waals surface area contributed by atoms with E-state index in [4.69, 9.17) is 19.3 Å². The van der Waals surface area contributed by atoms with E-state index >= 15 is 0 Å². The van der Waals surface area contributed by atoms with Crippen LogP contribution >= 0.6 is 0 Å². The first kappa shape index (κ1) is 15.7. The molecule has 1 aliphatic rings. The third kappa shape index (κ3) is 2.72. The number of aromatic hydroxyl groups is 1. The standard InChI is InChI=1S/C15H20BNO4/c1-14(2)15(3,4)21-16(20-14)11-8-10(6-7-17)9-12(19-5)13(11)18/h8-9,18H,6H2,1-5H3. The molecule has 1 saturated heterocycles. The zero-order chi connectivity index (χ0) is 15.8. The van der Waals surface area contributed by atoms with Crippen LogP contribution in [0.25, 0.3) is 0 Å². The highest BCUT2D eigenvalue weighted by Crippen LogP contribution is 2.38. The molecule has 1 aliphatic heterocycles. The van der Waals surface area contributed by atoms with Crippen molar-refractivity contribution in [2.45, 2.75) is 45.3 Å². The number of hydrogen-bond donors (Lipinski definition) is 1. The van der Waals surface area contributed by atoms with E-state index in [0.717, 1.165) is 5.56 Å². The molecule has 0 radical (unpaired) electrons. The van der Waals surface area contributed by atoms with Crippen molar-refractivity contribution in [3.8, 4) is 17.6 Å². The Morgan fingerprint density at radius 3 is 2.29 bits per heavy atom. The van der Waals surface area contributed by atoms with Crippen molar-refractivity contribution >= 4 is 12.6 Å². The molecule has 1 aromatic carbocycles. The molecule has 1 N–H and O–H groups in total. The van der Waals surface area contributed by atoms with Gasteiger partial charge in [-0.2, -0.15) is 5.26 Å². The van der Waals surface area contributed by atoms with Crippen LogP contribution in [0.5, 0.6) is 11.5 Å². The fourth-order valence-electron chi connectivity index (χ4n) is 2.19. The number of nitrogens with zero attached hydrogens (tertiary/aromatic N) is 1. The molecule has 1 heterocycles. The summed E-state index contributed by atoms with van der Waals surface area (Å²) in [7, 11) is 0.779. The molecule has 0 bridgehead atoms. The lowest BCUT2D eigenvalue weighted by Gasteiger charge is -2.32. The van der Waals surface area contributed by atoms with Gasteiger partial charge < -0.3 is 19.2 Å². The summed E-state index contributed by atoms with van der Waals surface area (Å²) in [4.78, 5) is 0. The van der Waals surface area contributed by atoms with E-state index in [2.05, 4.69) is 6.07 Å². The predicted octanol–water partition coefficient (Wildman–Crippen LogP) is 1.77.